The van der Waals surface area contributed by atoms with Crippen molar-refractivity contribution in [2.75, 3.05) is 11.5 Å². The Morgan fingerprint density at radius 1 is 0.320 bits per heavy atom. The molecule has 0 atom stereocenters. The lowest BCUT2D eigenvalue weighted by Crippen LogP contribution is -1.91. The number of H-pyrrole nitrogens is 2. The predicted octanol–water partition coefficient (Wildman–Crippen LogP) is 10.5. The molecular formula is C44H32N6. The predicted molar refractivity (Wildman–Crippen MR) is 209 cm³/mol. The smallest absolute Gasteiger partial charge is 0.0738 e. The number of aromatic amines is 2. The number of benzene rings is 4. The summed E-state index contributed by atoms with van der Waals surface area (Å²) >= 11 is 0. The summed E-state index contributed by atoms with van der Waals surface area (Å²) in [4.78, 5) is 18.2. The van der Waals surface area contributed by atoms with Gasteiger partial charge in [0.1, 0.15) is 0 Å². The molecule has 0 saturated heterocycles. The number of nitrogen functional groups attached to an aromatic ring is 2. The molecule has 2 aliphatic rings. The Hall–Kier alpha value is -6.92. The van der Waals surface area contributed by atoms with Crippen molar-refractivity contribution in [2.45, 2.75) is 0 Å². The Bertz CT molecular complexity index is 2480. The number of nitrogens with zero attached hydrogens (tertiary/aromatic N) is 2. The highest BCUT2D eigenvalue weighted by atomic mass is 14.8. The molecule has 0 unspecified atom stereocenters. The van der Waals surface area contributed by atoms with Crippen LogP contribution in [0, 0.1) is 0 Å². The lowest BCUT2D eigenvalue weighted by molar-refractivity contribution is 1.28. The zero-order valence-corrected chi connectivity index (χ0v) is 27.1. The summed E-state index contributed by atoms with van der Waals surface area (Å²) in [5.74, 6) is 0. The van der Waals surface area contributed by atoms with Crippen molar-refractivity contribution in [3.05, 3.63) is 156 Å². The molecule has 6 N–H and O–H groups in total. The molecule has 0 fully saturated rings. The topological polar surface area (TPSA) is 109 Å². The number of hydrogen-bond donors (Lipinski definition) is 4. The fraction of sp³-hybridized carbons (Fsp3) is 0. The van der Waals surface area contributed by atoms with Crippen LogP contribution in [0.2, 0.25) is 0 Å². The van der Waals surface area contributed by atoms with Gasteiger partial charge in [-0.15, -0.1) is 0 Å². The lowest BCUT2D eigenvalue weighted by atomic mass is 10.0. The minimum Gasteiger partial charge on any atom is -0.399 e. The molecule has 6 heteroatoms. The van der Waals surface area contributed by atoms with E-state index in [9.17, 15) is 0 Å². The molecule has 8 bridgehead atoms. The summed E-state index contributed by atoms with van der Waals surface area (Å²) in [6.45, 7) is 0. The van der Waals surface area contributed by atoms with Crippen molar-refractivity contribution < 1.29 is 0 Å². The maximum atomic E-state index is 6.14. The van der Waals surface area contributed by atoms with Gasteiger partial charge in [0.15, 0.2) is 0 Å². The van der Waals surface area contributed by atoms with Crippen LogP contribution in [0.5, 0.6) is 0 Å². The molecular weight excluding hydrogens is 613 g/mol. The lowest BCUT2D eigenvalue weighted by Gasteiger charge is -2.07. The number of anilines is 2. The molecule has 9 rings (SSSR count). The molecule has 5 heterocycles. The van der Waals surface area contributed by atoms with E-state index in [1.165, 1.54) is 0 Å². The van der Waals surface area contributed by atoms with Crippen molar-refractivity contribution in [2.24, 2.45) is 0 Å². The van der Waals surface area contributed by atoms with Gasteiger partial charge in [0.2, 0.25) is 0 Å². The molecule has 7 aromatic rings. The molecule has 238 valence electrons. The molecule has 3 aromatic heterocycles. The van der Waals surface area contributed by atoms with E-state index in [2.05, 4.69) is 131 Å². The Labute approximate surface area is 289 Å². The van der Waals surface area contributed by atoms with Crippen molar-refractivity contribution in [1.29, 1.82) is 0 Å². The van der Waals surface area contributed by atoms with E-state index in [4.69, 9.17) is 21.4 Å². The average molecular weight is 645 g/mol. The van der Waals surface area contributed by atoms with Crippen LogP contribution in [-0.4, -0.2) is 19.9 Å². The van der Waals surface area contributed by atoms with Crippen molar-refractivity contribution >= 4 is 57.7 Å². The van der Waals surface area contributed by atoms with E-state index in [1.54, 1.807) is 0 Å². The minimum absolute atomic E-state index is 0.709. The summed E-state index contributed by atoms with van der Waals surface area (Å²) < 4.78 is 0. The maximum absolute atomic E-state index is 6.14. The average Bonchev–Trinajstić information content (AvgIpc) is 3.98. The highest BCUT2D eigenvalue weighted by Crippen LogP contribution is 2.38. The SMILES string of the molecule is Nc1ccc(-c2c3nc(c(-c4ccccc4)c4nc(c(-c5ccc(N)cc5)c5ccc([nH]5)c(-c5ccccc5)c5ccc2[nH]5)C=C4)C=C3)cc1. The highest BCUT2D eigenvalue weighted by molar-refractivity contribution is 6.00. The third-order valence-electron chi connectivity index (χ3n) is 9.28. The molecule has 0 saturated carbocycles. The summed E-state index contributed by atoms with van der Waals surface area (Å²) in [5.41, 5.74) is 29.1. The van der Waals surface area contributed by atoms with Crippen LogP contribution in [0.4, 0.5) is 11.4 Å². The summed E-state index contributed by atoms with van der Waals surface area (Å²) in [7, 11) is 0. The summed E-state index contributed by atoms with van der Waals surface area (Å²) in [6.07, 6.45) is 8.37. The maximum Gasteiger partial charge on any atom is 0.0738 e. The first-order valence-corrected chi connectivity index (χ1v) is 16.6. The molecule has 0 amide bonds. The van der Waals surface area contributed by atoms with Gasteiger partial charge in [-0.25, -0.2) is 9.97 Å². The number of aromatic nitrogens is 4. The van der Waals surface area contributed by atoms with Crippen LogP contribution in [0.15, 0.2) is 133 Å². The van der Waals surface area contributed by atoms with E-state index >= 15 is 0 Å². The van der Waals surface area contributed by atoms with E-state index < -0.39 is 0 Å². The van der Waals surface area contributed by atoms with Crippen LogP contribution in [0.25, 0.3) is 90.9 Å². The number of hydrogen-bond acceptors (Lipinski definition) is 4. The molecule has 0 spiro atoms. The van der Waals surface area contributed by atoms with Crippen LogP contribution in [-0.2, 0) is 0 Å². The van der Waals surface area contributed by atoms with Crippen molar-refractivity contribution in [1.82, 2.24) is 19.9 Å². The second-order valence-electron chi connectivity index (χ2n) is 12.5. The largest absolute Gasteiger partial charge is 0.399 e. The molecule has 2 aliphatic heterocycles. The van der Waals surface area contributed by atoms with Gasteiger partial charge in [0.05, 0.1) is 22.8 Å². The third kappa shape index (κ3) is 5.16. The van der Waals surface area contributed by atoms with Crippen LogP contribution in [0.3, 0.4) is 0 Å². The van der Waals surface area contributed by atoms with E-state index in [-0.39, 0.29) is 0 Å². The van der Waals surface area contributed by atoms with Gasteiger partial charge < -0.3 is 21.4 Å². The minimum atomic E-state index is 0.709. The standard InChI is InChI=1S/C44H32N6/c45-31-15-11-29(12-16-31)43-37-23-19-33(47-37)41(27-7-3-1-4-8-27)34-20-24-38(48-34)44(30-13-17-32(46)18-14-30)40-26-22-36(50-40)42(28-9-5-2-6-10-28)35-21-25-39(43)49-35/h1-26,47-48H,45-46H2. The van der Waals surface area contributed by atoms with Gasteiger partial charge in [-0.3, -0.25) is 0 Å². The summed E-state index contributed by atoms with van der Waals surface area (Å²) in [6, 6.07) is 45.3. The van der Waals surface area contributed by atoms with Gasteiger partial charge in [0.25, 0.3) is 0 Å². The monoisotopic (exact) mass is 644 g/mol. The number of rotatable bonds is 4. The second kappa shape index (κ2) is 12.0. The van der Waals surface area contributed by atoms with Gasteiger partial charge in [-0.1, -0.05) is 84.9 Å². The molecule has 50 heavy (non-hydrogen) atoms. The zero-order chi connectivity index (χ0) is 33.6. The van der Waals surface area contributed by atoms with Gasteiger partial charge in [-0.05, 0) is 95.1 Å². The molecule has 0 aliphatic carbocycles. The fourth-order valence-electron chi connectivity index (χ4n) is 6.93. The second-order valence-corrected chi connectivity index (χ2v) is 12.5. The third-order valence-corrected chi connectivity index (χ3v) is 9.28. The van der Waals surface area contributed by atoms with Crippen LogP contribution in [0.1, 0.15) is 22.8 Å². The first kappa shape index (κ1) is 29.2. The number of nitrogens with one attached hydrogen (secondary N) is 2. The first-order valence-electron chi connectivity index (χ1n) is 16.6. The Morgan fingerprint density at radius 2 is 0.640 bits per heavy atom. The number of fused-ring (bicyclic) bond motifs is 8. The van der Waals surface area contributed by atoms with Crippen molar-refractivity contribution in [3.63, 3.8) is 0 Å². The zero-order valence-electron chi connectivity index (χ0n) is 27.1. The quantitative estimate of drug-likeness (QED) is 0.143. The number of nitrogens with two attached hydrogens (primary N) is 2. The molecule has 4 aromatic carbocycles. The normalized spacial score (nSPS) is 12.0. The van der Waals surface area contributed by atoms with Crippen LogP contribution < -0.4 is 11.5 Å². The Kier molecular flexibility index (Phi) is 6.99. The summed E-state index contributed by atoms with van der Waals surface area (Å²) in [5, 5.41) is 0. The molecule has 6 nitrogen and oxygen atoms in total. The Balaban J connectivity index is 1.48. The van der Waals surface area contributed by atoms with Gasteiger partial charge in [-0.2, -0.15) is 0 Å². The van der Waals surface area contributed by atoms with E-state index in [0.717, 1.165) is 89.4 Å². The van der Waals surface area contributed by atoms with E-state index in [1.807, 2.05) is 36.4 Å². The van der Waals surface area contributed by atoms with Gasteiger partial charge >= 0.3 is 0 Å². The molecule has 0 radical (unpaired) electrons. The van der Waals surface area contributed by atoms with Crippen LogP contribution >= 0.6 is 0 Å². The van der Waals surface area contributed by atoms with E-state index in [0.29, 0.717) is 11.4 Å². The first-order chi connectivity index (χ1) is 24.6. The van der Waals surface area contributed by atoms with Gasteiger partial charge in [0, 0.05) is 55.7 Å². The Morgan fingerprint density at radius 3 is 1.04 bits per heavy atom. The van der Waals surface area contributed by atoms with Crippen molar-refractivity contribution in [3.8, 4) is 44.5 Å². The fourth-order valence-corrected chi connectivity index (χ4v) is 6.93. The highest BCUT2D eigenvalue weighted by Gasteiger charge is 2.19.